The van der Waals surface area contributed by atoms with Crippen molar-refractivity contribution >= 4 is 10.1 Å². The molecule has 0 heterocycles. The van der Waals surface area contributed by atoms with Gasteiger partial charge < -0.3 is 4.55 Å². The van der Waals surface area contributed by atoms with Gasteiger partial charge in [-0.1, -0.05) is 76.9 Å². The molecule has 0 radical (unpaired) electrons. The van der Waals surface area contributed by atoms with Crippen LogP contribution in [0.15, 0.2) is 12.2 Å². The first kappa shape index (κ1) is 25.9. The van der Waals surface area contributed by atoms with E-state index in [4.69, 9.17) is 0 Å². The van der Waals surface area contributed by atoms with Crippen molar-refractivity contribution in [3.8, 4) is 0 Å². The Morgan fingerprint density at radius 1 is 0.696 bits per heavy atom. The van der Waals surface area contributed by atoms with E-state index in [2.05, 4.69) is 19.1 Å². The van der Waals surface area contributed by atoms with Gasteiger partial charge in [-0.05, 0) is 32.1 Å². The van der Waals surface area contributed by atoms with Crippen LogP contribution in [0.2, 0.25) is 0 Å². The summed E-state index contributed by atoms with van der Waals surface area (Å²) in [5.74, 6) is -0.200. The quantitative estimate of drug-likeness (QED) is 0.185. The molecule has 0 atom stereocenters. The van der Waals surface area contributed by atoms with Crippen molar-refractivity contribution in [2.24, 2.45) is 0 Å². The summed E-state index contributed by atoms with van der Waals surface area (Å²) in [5, 5.41) is 0. The number of unbranched alkanes of at least 4 members (excludes halogenated alkanes) is 12. The molecule has 0 saturated heterocycles. The third-order valence-electron chi connectivity index (χ3n) is 3.91. The first-order chi connectivity index (χ1) is 10.6. The third kappa shape index (κ3) is 25.0. The van der Waals surface area contributed by atoms with Crippen LogP contribution < -0.4 is 29.6 Å². The first-order valence-corrected chi connectivity index (χ1v) is 10.7. The molecular weight excluding hydrogens is 319 g/mol. The Hall–Kier alpha value is 0.650. The maximum atomic E-state index is 10.4. The van der Waals surface area contributed by atoms with Gasteiger partial charge in [0.25, 0.3) is 0 Å². The normalized spacial score (nSPS) is 11.7. The standard InChI is InChI=1S/C18H36O3S.Na/c1-2-3-4-5-6-7-8-9-10-11-12-13-14-15-16-17-18-22(19,20)21;/h9-10H,2-8,11-18H2,1H3,(H,19,20,21);/q;+1/p-1/b10-9+;. The topological polar surface area (TPSA) is 57.2 Å². The molecule has 0 unspecified atom stereocenters. The molecule has 0 saturated carbocycles. The van der Waals surface area contributed by atoms with Crippen LogP contribution in [-0.4, -0.2) is 18.7 Å². The van der Waals surface area contributed by atoms with Gasteiger partial charge in [-0.15, -0.1) is 0 Å². The zero-order valence-electron chi connectivity index (χ0n) is 15.4. The minimum atomic E-state index is -4.00. The minimum absolute atomic E-state index is 0. The largest absolute Gasteiger partial charge is 1.00 e. The molecule has 0 bridgehead atoms. The van der Waals surface area contributed by atoms with Crippen molar-refractivity contribution in [3.63, 3.8) is 0 Å². The van der Waals surface area contributed by atoms with Gasteiger partial charge in [-0.3, -0.25) is 0 Å². The predicted molar refractivity (Wildman–Crippen MR) is 94.0 cm³/mol. The van der Waals surface area contributed by atoms with Gasteiger partial charge in [-0.25, -0.2) is 8.42 Å². The Morgan fingerprint density at radius 3 is 1.52 bits per heavy atom. The van der Waals surface area contributed by atoms with E-state index in [1.807, 2.05) is 0 Å². The van der Waals surface area contributed by atoms with Gasteiger partial charge in [-0.2, -0.15) is 0 Å². The van der Waals surface area contributed by atoms with Crippen LogP contribution in [0.4, 0.5) is 0 Å². The zero-order chi connectivity index (χ0) is 16.5. The SMILES string of the molecule is CCCCCCCC/C=C/CCCCCCCCS(=O)(=O)[O-].[Na+]. The summed E-state index contributed by atoms with van der Waals surface area (Å²) in [6.45, 7) is 2.25. The second-order valence-electron chi connectivity index (χ2n) is 6.20. The van der Waals surface area contributed by atoms with Gasteiger partial charge in [0.15, 0.2) is 0 Å². The number of hydrogen-bond donors (Lipinski definition) is 0. The fourth-order valence-corrected chi connectivity index (χ4v) is 3.08. The zero-order valence-corrected chi connectivity index (χ0v) is 18.2. The molecule has 0 aromatic rings. The molecule has 23 heavy (non-hydrogen) atoms. The molecule has 0 fully saturated rings. The Kier molecular flexibility index (Phi) is 21.4. The van der Waals surface area contributed by atoms with Gasteiger partial charge in [0.05, 0.1) is 10.1 Å². The van der Waals surface area contributed by atoms with Crippen molar-refractivity contribution in [2.75, 3.05) is 5.75 Å². The van der Waals surface area contributed by atoms with Crippen molar-refractivity contribution in [1.29, 1.82) is 0 Å². The van der Waals surface area contributed by atoms with Crippen molar-refractivity contribution in [1.82, 2.24) is 0 Å². The first-order valence-electron chi connectivity index (χ1n) is 9.15. The molecule has 0 spiro atoms. The van der Waals surface area contributed by atoms with Gasteiger partial charge in [0.2, 0.25) is 0 Å². The van der Waals surface area contributed by atoms with Crippen LogP contribution in [0, 0.1) is 0 Å². The molecule has 0 aliphatic carbocycles. The van der Waals surface area contributed by atoms with Crippen LogP contribution in [0.3, 0.4) is 0 Å². The maximum absolute atomic E-state index is 10.4. The van der Waals surface area contributed by atoms with Crippen LogP contribution >= 0.6 is 0 Å². The molecule has 0 aromatic heterocycles. The Balaban J connectivity index is 0. The molecule has 5 heteroatoms. The third-order valence-corrected chi connectivity index (χ3v) is 4.69. The van der Waals surface area contributed by atoms with Crippen molar-refractivity contribution < 1.29 is 42.5 Å². The molecular formula is C18H35NaO3S. The second kappa shape index (κ2) is 19.0. The second-order valence-corrected chi connectivity index (χ2v) is 7.72. The molecule has 0 aliphatic rings. The monoisotopic (exact) mass is 354 g/mol. The number of hydrogen-bond acceptors (Lipinski definition) is 3. The van der Waals surface area contributed by atoms with E-state index in [0.717, 1.165) is 25.7 Å². The summed E-state index contributed by atoms with van der Waals surface area (Å²) in [6, 6.07) is 0. The Bertz CT molecular complexity index is 353. The number of allylic oxidation sites excluding steroid dienone is 2. The fraction of sp³-hybridized carbons (Fsp3) is 0.889. The average Bonchev–Trinajstić information content (AvgIpc) is 2.45. The fourth-order valence-electron chi connectivity index (χ4n) is 2.53. The molecule has 3 nitrogen and oxygen atoms in total. The van der Waals surface area contributed by atoms with Crippen LogP contribution in [0.1, 0.15) is 96.8 Å². The van der Waals surface area contributed by atoms with E-state index in [0.29, 0.717) is 6.42 Å². The van der Waals surface area contributed by atoms with Crippen molar-refractivity contribution in [3.05, 3.63) is 12.2 Å². The summed E-state index contributed by atoms with van der Waals surface area (Å²) in [7, 11) is -4.00. The molecule has 0 N–H and O–H groups in total. The smallest absolute Gasteiger partial charge is 0.748 e. The van der Waals surface area contributed by atoms with Gasteiger partial charge >= 0.3 is 29.6 Å². The minimum Gasteiger partial charge on any atom is -0.748 e. The van der Waals surface area contributed by atoms with E-state index in [1.54, 1.807) is 0 Å². The number of rotatable bonds is 16. The predicted octanol–water partition coefficient (Wildman–Crippen LogP) is 2.57. The molecule has 0 rings (SSSR count). The van der Waals surface area contributed by atoms with E-state index in [1.165, 1.54) is 57.8 Å². The van der Waals surface area contributed by atoms with Gasteiger partial charge in [0, 0.05) is 5.75 Å². The summed E-state index contributed by atoms with van der Waals surface area (Å²) in [5.41, 5.74) is 0. The van der Waals surface area contributed by atoms with Crippen LogP contribution in [0.25, 0.3) is 0 Å². The molecule has 132 valence electrons. The Labute approximate surface area is 166 Å². The molecule has 0 aromatic carbocycles. The average molecular weight is 355 g/mol. The van der Waals surface area contributed by atoms with Crippen LogP contribution in [0.5, 0.6) is 0 Å². The van der Waals surface area contributed by atoms with E-state index in [9.17, 15) is 13.0 Å². The molecule has 0 amide bonds. The summed E-state index contributed by atoms with van der Waals surface area (Å²) in [4.78, 5) is 0. The van der Waals surface area contributed by atoms with Crippen LogP contribution in [-0.2, 0) is 10.1 Å². The summed E-state index contributed by atoms with van der Waals surface area (Å²) < 4.78 is 31.2. The summed E-state index contributed by atoms with van der Waals surface area (Å²) >= 11 is 0. The molecule has 0 aliphatic heterocycles. The van der Waals surface area contributed by atoms with Crippen molar-refractivity contribution in [2.45, 2.75) is 96.8 Å². The summed E-state index contributed by atoms with van der Waals surface area (Å²) in [6.07, 6.45) is 21.1. The maximum Gasteiger partial charge on any atom is 1.00 e. The van der Waals surface area contributed by atoms with Gasteiger partial charge in [0.1, 0.15) is 0 Å². The van der Waals surface area contributed by atoms with E-state index >= 15 is 0 Å². The van der Waals surface area contributed by atoms with E-state index in [-0.39, 0.29) is 35.3 Å². The van der Waals surface area contributed by atoms with E-state index < -0.39 is 10.1 Å². The Morgan fingerprint density at radius 2 is 1.09 bits per heavy atom.